The Kier molecular flexibility index (Phi) is 8.94. The first-order valence-corrected chi connectivity index (χ1v) is 18.2. The number of aromatic nitrogens is 3. The minimum Gasteiger partial charge on any atom is -0.208 e. The molecule has 0 amide bonds. The fourth-order valence-corrected chi connectivity index (χ4v) is 7.04. The summed E-state index contributed by atoms with van der Waals surface area (Å²) in [7, 11) is 0. The summed E-state index contributed by atoms with van der Waals surface area (Å²) in [6.07, 6.45) is 0. The minimum absolute atomic E-state index is 0.616. The average molecular weight is 690 g/mol. The molecule has 0 aliphatic rings. The van der Waals surface area contributed by atoms with Crippen molar-refractivity contribution in [2.45, 2.75) is 0 Å². The summed E-state index contributed by atoms with van der Waals surface area (Å²) >= 11 is 0. The van der Waals surface area contributed by atoms with E-state index < -0.39 is 0 Å². The van der Waals surface area contributed by atoms with E-state index in [4.69, 9.17) is 15.0 Å². The number of hydrogen-bond donors (Lipinski definition) is 0. The van der Waals surface area contributed by atoms with E-state index in [0.717, 1.165) is 55.6 Å². The van der Waals surface area contributed by atoms with Gasteiger partial charge in [0.2, 0.25) is 0 Å². The normalized spacial score (nSPS) is 11.0. The fraction of sp³-hybridized carbons (Fsp3) is 0. The maximum atomic E-state index is 5.19. The maximum absolute atomic E-state index is 5.19. The van der Waals surface area contributed by atoms with E-state index in [0.29, 0.717) is 17.5 Å². The van der Waals surface area contributed by atoms with Crippen molar-refractivity contribution in [3.8, 4) is 89.8 Å². The third-order valence-electron chi connectivity index (χ3n) is 9.78. The highest BCUT2D eigenvalue weighted by Gasteiger charge is 2.18. The van der Waals surface area contributed by atoms with Gasteiger partial charge in [-0.1, -0.05) is 200 Å². The molecule has 8 aromatic carbocycles. The highest BCUT2D eigenvalue weighted by Crippen LogP contribution is 2.40. The SMILES string of the molecule is c1ccc(-c2ccc(-c3nc(-c4cccc(-c5ccccc5)c4)nc(-c4ccc(-c5ccccc5)c(-c5ccccc5-c5ccccc5)c4)n3)cc2)cc1. The number of rotatable bonds is 8. The van der Waals surface area contributed by atoms with Gasteiger partial charge in [-0.2, -0.15) is 0 Å². The zero-order valence-electron chi connectivity index (χ0n) is 29.5. The summed E-state index contributed by atoms with van der Waals surface area (Å²) in [6, 6.07) is 74.1. The Morgan fingerprint density at radius 1 is 0.185 bits per heavy atom. The molecule has 0 radical (unpaired) electrons. The van der Waals surface area contributed by atoms with E-state index in [1.807, 2.05) is 12.1 Å². The highest BCUT2D eigenvalue weighted by atomic mass is 15.0. The van der Waals surface area contributed by atoms with Crippen LogP contribution in [0.2, 0.25) is 0 Å². The van der Waals surface area contributed by atoms with Gasteiger partial charge in [0.25, 0.3) is 0 Å². The first kappa shape index (κ1) is 32.7. The van der Waals surface area contributed by atoms with E-state index in [1.54, 1.807) is 0 Å². The van der Waals surface area contributed by atoms with Gasteiger partial charge in [0, 0.05) is 16.7 Å². The van der Waals surface area contributed by atoms with Gasteiger partial charge in [-0.15, -0.1) is 0 Å². The molecule has 1 heterocycles. The van der Waals surface area contributed by atoms with Crippen molar-refractivity contribution in [2.75, 3.05) is 0 Å². The van der Waals surface area contributed by atoms with Gasteiger partial charge >= 0.3 is 0 Å². The summed E-state index contributed by atoms with van der Waals surface area (Å²) in [5.74, 6) is 1.86. The molecule has 0 aliphatic carbocycles. The third kappa shape index (κ3) is 6.74. The van der Waals surface area contributed by atoms with Crippen LogP contribution in [0.15, 0.2) is 212 Å². The Bertz CT molecular complexity index is 2670. The zero-order valence-corrected chi connectivity index (χ0v) is 29.5. The van der Waals surface area contributed by atoms with Crippen LogP contribution in [0, 0.1) is 0 Å². The highest BCUT2D eigenvalue weighted by molar-refractivity contribution is 5.93. The summed E-state index contributed by atoms with van der Waals surface area (Å²) in [5, 5.41) is 0. The van der Waals surface area contributed by atoms with E-state index in [1.165, 1.54) is 16.7 Å². The van der Waals surface area contributed by atoms with Crippen LogP contribution in [-0.4, -0.2) is 15.0 Å². The van der Waals surface area contributed by atoms with Crippen molar-refractivity contribution in [2.24, 2.45) is 0 Å². The second kappa shape index (κ2) is 14.8. The molecular weight excluding hydrogens is 655 g/mol. The molecular formula is C51H35N3. The lowest BCUT2D eigenvalue weighted by Gasteiger charge is -2.17. The van der Waals surface area contributed by atoms with Crippen LogP contribution < -0.4 is 0 Å². The molecule has 254 valence electrons. The van der Waals surface area contributed by atoms with Crippen LogP contribution in [0.5, 0.6) is 0 Å². The number of hydrogen-bond acceptors (Lipinski definition) is 3. The van der Waals surface area contributed by atoms with E-state index in [2.05, 4.69) is 200 Å². The van der Waals surface area contributed by atoms with Gasteiger partial charge in [0.15, 0.2) is 17.5 Å². The summed E-state index contributed by atoms with van der Waals surface area (Å²) in [5.41, 5.74) is 14.2. The van der Waals surface area contributed by atoms with E-state index >= 15 is 0 Å². The molecule has 0 N–H and O–H groups in total. The zero-order chi connectivity index (χ0) is 36.1. The lowest BCUT2D eigenvalue weighted by molar-refractivity contribution is 1.07. The van der Waals surface area contributed by atoms with Gasteiger partial charge in [-0.25, -0.2) is 15.0 Å². The number of nitrogens with zero attached hydrogens (tertiary/aromatic N) is 3. The molecule has 0 bridgehead atoms. The molecule has 0 aliphatic heterocycles. The average Bonchev–Trinajstić information content (AvgIpc) is 3.27. The fourth-order valence-electron chi connectivity index (χ4n) is 7.04. The molecule has 0 saturated carbocycles. The summed E-state index contributed by atoms with van der Waals surface area (Å²) in [4.78, 5) is 15.5. The molecule has 0 spiro atoms. The Morgan fingerprint density at radius 3 is 1.11 bits per heavy atom. The van der Waals surface area contributed by atoms with Crippen LogP contribution in [0.4, 0.5) is 0 Å². The van der Waals surface area contributed by atoms with Gasteiger partial charge in [0.05, 0.1) is 0 Å². The van der Waals surface area contributed by atoms with Crippen molar-refractivity contribution in [3.05, 3.63) is 212 Å². The van der Waals surface area contributed by atoms with Crippen LogP contribution in [0.3, 0.4) is 0 Å². The Morgan fingerprint density at radius 2 is 0.537 bits per heavy atom. The van der Waals surface area contributed by atoms with Crippen LogP contribution in [0.1, 0.15) is 0 Å². The molecule has 0 atom stereocenters. The summed E-state index contributed by atoms with van der Waals surface area (Å²) < 4.78 is 0. The monoisotopic (exact) mass is 689 g/mol. The Labute approximate surface area is 316 Å². The van der Waals surface area contributed by atoms with Crippen molar-refractivity contribution in [3.63, 3.8) is 0 Å². The first-order valence-electron chi connectivity index (χ1n) is 18.2. The van der Waals surface area contributed by atoms with E-state index in [9.17, 15) is 0 Å². The van der Waals surface area contributed by atoms with Crippen LogP contribution >= 0.6 is 0 Å². The van der Waals surface area contributed by atoms with Gasteiger partial charge in [0.1, 0.15) is 0 Å². The molecule has 9 aromatic rings. The second-order valence-electron chi connectivity index (χ2n) is 13.2. The smallest absolute Gasteiger partial charge is 0.164 e. The van der Waals surface area contributed by atoms with Crippen LogP contribution in [-0.2, 0) is 0 Å². The predicted octanol–water partition coefficient (Wildman–Crippen LogP) is 13.2. The van der Waals surface area contributed by atoms with E-state index in [-0.39, 0.29) is 0 Å². The first-order chi connectivity index (χ1) is 26.8. The Balaban J connectivity index is 1.23. The lowest BCUT2D eigenvalue weighted by atomic mass is 9.88. The lowest BCUT2D eigenvalue weighted by Crippen LogP contribution is -2.01. The molecule has 54 heavy (non-hydrogen) atoms. The molecule has 0 fully saturated rings. The van der Waals surface area contributed by atoms with Gasteiger partial charge in [-0.05, 0) is 67.8 Å². The quantitative estimate of drug-likeness (QED) is 0.159. The van der Waals surface area contributed by atoms with Crippen LogP contribution in [0.25, 0.3) is 89.8 Å². The minimum atomic E-state index is 0.616. The second-order valence-corrected chi connectivity index (χ2v) is 13.2. The molecule has 0 unspecified atom stereocenters. The number of benzene rings is 8. The third-order valence-corrected chi connectivity index (χ3v) is 9.78. The van der Waals surface area contributed by atoms with Gasteiger partial charge < -0.3 is 0 Å². The molecule has 3 nitrogen and oxygen atoms in total. The molecule has 3 heteroatoms. The largest absolute Gasteiger partial charge is 0.208 e. The van der Waals surface area contributed by atoms with Crippen molar-refractivity contribution in [1.82, 2.24) is 15.0 Å². The van der Waals surface area contributed by atoms with Crippen molar-refractivity contribution < 1.29 is 0 Å². The van der Waals surface area contributed by atoms with Crippen molar-refractivity contribution >= 4 is 0 Å². The standard InChI is InChI=1S/C51H35N3/c1-5-16-36(17-6-1)38-28-30-41(31-29-38)49-52-50(43-25-15-24-42(34-43)37-18-7-2-8-19-37)54-51(53-49)44-32-33-46(40-22-11-4-12-23-40)48(35-44)47-27-14-13-26-45(47)39-20-9-3-10-21-39/h1-35H. The molecule has 9 rings (SSSR count). The van der Waals surface area contributed by atoms with Crippen molar-refractivity contribution in [1.29, 1.82) is 0 Å². The molecule has 1 aromatic heterocycles. The predicted molar refractivity (Wildman–Crippen MR) is 223 cm³/mol. The Hall–Kier alpha value is -7.23. The van der Waals surface area contributed by atoms with Gasteiger partial charge in [-0.3, -0.25) is 0 Å². The topological polar surface area (TPSA) is 38.7 Å². The maximum Gasteiger partial charge on any atom is 0.164 e. The summed E-state index contributed by atoms with van der Waals surface area (Å²) in [6.45, 7) is 0. The molecule has 0 saturated heterocycles.